The summed E-state index contributed by atoms with van der Waals surface area (Å²) in [7, 11) is 0. The first-order valence-corrected chi connectivity index (χ1v) is 7.00. The average Bonchev–Trinajstić information content (AvgIpc) is 3.08. The second-order valence-corrected chi connectivity index (χ2v) is 5.00. The molecule has 0 saturated heterocycles. The molecule has 2 aromatic heterocycles. The first kappa shape index (κ1) is 14.5. The third-order valence-corrected chi connectivity index (χ3v) is 3.37. The summed E-state index contributed by atoms with van der Waals surface area (Å²) in [5, 5.41) is 12.7. The second-order valence-electron chi connectivity index (χ2n) is 5.00. The molecule has 0 bridgehead atoms. The van der Waals surface area contributed by atoms with Crippen molar-refractivity contribution in [3.63, 3.8) is 0 Å². The maximum atomic E-state index is 9.49. The topological polar surface area (TPSA) is 114 Å². The number of nitrogen functional groups attached to an aromatic ring is 2. The van der Waals surface area contributed by atoms with Gasteiger partial charge in [-0.1, -0.05) is 12.1 Å². The largest absolute Gasteiger partial charge is 0.463 e. The fourth-order valence-corrected chi connectivity index (χ4v) is 2.24. The van der Waals surface area contributed by atoms with Gasteiger partial charge in [0.1, 0.15) is 23.1 Å². The van der Waals surface area contributed by atoms with Gasteiger partial charge in [0.15, 0.2) is 5.76 Å². The summed E-state index contributed by atoms with van der Waals surface area (Å²) in [4.78, 5) is 4.22. The zero-order valence-corrected chi connectivity index (χ0v) is 12.3. The van der Waals surface area contributed by atoms with E-state index in [-0.39, 0.29) is 0 Å². The number of nitriles is 1. The van der Waals surface area contributed by atoms with Gasteiger partial charge in [-0.25, -0.2) is 4.98 Å². The third-order valence-electron chi connectivity index (χ3n) is 3.37. The number of rotatable bonds is 4. The molecule has 23 heavy (non-hydrogen) atoms. The molecule has 0 amide bonds. The average molecular weight is 305 g/mol. The van der Waals surface area contributed by atoms with Crippen molar-refractivity contribution in [3.05, 3.63) is 59.9 Å². The summed E-state index contributed by atoms with van der Waals surface area (Å²) >= 11 is 0. The van der Waals surface area contributed by atoms with Crippen molar-refractivity contribution in [1.82, 2.24) is 4.98 Å². The van der Waals surface area contributed by atoms with E-state index in [9.17, 15) is 5.26 Å². The van der Waals surface area contributed by atoms with Crippen molar-refractivity contribution in [2.45, 2.75) is 6.54 Å². The van der Waals surface area contributed by atoms with E-state index in [1.165, 1.54) is 6.26 Å². The summed E-state index contributed by atoms with van der Waals surface area (Å²) < 4.78 is 5.34. The van der Waals surface area contributed by atoms with Gasteiger partial charge in [0.2, 0.25) is 0 Å². The molecule has 5 N–H and O–H groups in total. The summed E-state index contributed by atoms with van der Waals surface area (Å²) in [5.74, 6) is 0.819. The molecule has 6 heteroatoms. The monoisotopic (exact) mass is 305 g/mol. The fraction of sp³-hybridized carbons (Fsp3) is 0.0588. The van der Waals surface area contributed by atoms with Gasteiger partial charge < -0.3 is 21.2 Å². The molecule has 3 aromatic rings. The molecule has 0 saturated carbocycles. The quantitative estimate of drug-likeness (QED) is 0.638. The smallest absolute Gasteiger partial charge is 0.153 e. The summed E-state index contributed by atoms with van der Waals surface area (Å²) in [6.45, 7) is 0.538. The number of nitrogens with one attached hydrogen (secondary N) is 1. The van der Waals surface area contributed by atoms with E-state index in [4.69, 9.17) is 15.9 Å². The van der Waals surface area contributed by atoms with E-state index >= 15 is 0 Å². The van der Waals surface area contributed by atoms with Crippen LogP contribution in [0.5, 0.6) is 0 Å². The number of nitrogens with zero attached hydrogens (tertiary/aromatic N) is 2. The molecule has 0 radical (unpaired) electrons. The Morgan fingerprint density at radius 1 is 1.17 bits per heavy atom. The lowest BCUT2D eigenvalue weighted by Gasteiger charge is -2.11. The highest BCUT2D eigenvalue weighted by Crippen LogP contribution is 2.29. The number of hydrogen-bond donors (Lipinski definition) is 3. The van der Waals surface area contributed by atoms with Crippen LogP contribution in [0.2, 0.25) is 0 Å². The van der Waals surface area contributed by atoms with Gasteiger partial charge in [-0.2, -0.15) is 5.26 Å². The van der Waals surface area contributed by atoms with Crippen LogP contribution in [0.3, 0.4) is 0 Å². The maximum absolute atomic E-state index is 9.49. The van der Waals surface area contributed by atoms with E-state index in [1.807, 2.05) is 24.3 Å². The van der Waals surface area contributed by atoms with Crippen molar-refractivity contribution in [3.8, 4) is 17.5 Å². The molecule has 0 spiro atoms. The van der Waals surface area contributed by atoms with Crippen LogP contribution < -0.4 is 16.8 Å². The zero-order valence-electron chi connectivity index (χ0n) is 12.3. The number of aromatic nitrogens is 1. The molecule has 0 aliphatic rings. The van der Waals surface area contributed by atoms with E-state index in [0.717, 1.165) is 5.56 Å². The van der Waals surface area contributed by atoms with Crippen LogP contribution in [0.4, 0.5) is 17.2 Å². The number of furan rings is 1. The number of pyridine rings is 1. The zero-order chi connectivity index (χ0) is 16.2. The number of anilines is 3. The van der Waals surface area contributed by atoms with Crippen molar-refractivity contribution in [1.29, 1.82) is 5.26 Å². The van der Waals surface area contributed by atoms with Gasteiger partial charge in [-0.15, -0.1) is 0 Å². The highest BCUT2D eigenvalue weighted by molar-refractivity contribution is 5.74. The van der Waals surface area contributed by atoms with E-state index < -0.39 is 0 Å². The van der Waals surface area contributed by atoms with Crippen molar-refractivity contribution in [2.24, 2.45) is 0 Å². The standard InChI is InChI=1S/C17H15N5O/c18-9-13-14(21-10-11-3-5-12(19)6-4-11)8-16(20)22-17(13)15-2-1-7-23-15/h1-8H,10,19H2,(H3,20,21,22). The normalized spacial score (nSPS) is 10.2. The number of nitrogens with two attached hydrogens (primary N) is 2. The van der Waals surface area contributed by atoms with Crippen LogP contribution in [0.25, 0.3) is 11.5 Å². The molecule has 0 unspecified atom stereocenters. The van der Waals surface area contributed by atoms with E-state index in [0.29, 0.717) is 40.8 Å². The van der Waals surface area contributed by atoms with Crippen LogP contribution in [-0.2, 0) is 6.54 Å². The molecular formula is C17H15N5O. The summed E-state index contributed by atoms with van der Waals surface area (Å²) in [5.41, 5.74) is 14.7. The predicted molar refractivity (Wildman–Crippen MR) is 89.2 cm³/mol. The Kier molecular flexibility index (Phi) is 3.85. The number of hydrogen-bond acceptors (Lipinski definition) is 6. The molecule has 1 aromatic carbocycles. The SMILES string of the molecule is N#Cc1c(NCc2ccc(N)cc2)cc(N)nc1-c1ccco1. The number of benzene rings is 1. The minimum Gasteiger partial charge on any atom is -0.463 e. The van der Waals surface area contributed by atoms with Gasteiger partial charge in [0.05, 0.1) is 12.0 Å². The van der Waals surface area contributed by atoms with Gasteiger partial charge in [0.25, 0.3) is 0 Å². The Bertz CT molecular complexity index is 848. The highest BCUT2D eigenvalue weighted by Gasteiger charge is 2.15. The Morgan fingerprint density at radius 2 is 1.96 bits per heavy atom. The molecule has 0 aliphatic carbocycles. The van der Waals surface area contributed by atoms with E-state index in [1.54, 1.807) is 18.2 Å². The minimum atomic E-state index is 0.315. The van der Waals surface area contributed by atoms with Gasteiger partial charge in [-0.3, -0.25) is 0 Å². The molecule has 0 fully saturated rings. The lowest BCUT2D eigenvalue weighted by atomic mass is 10.1. The van der Waals surface area contributed by atoms with Crippen molar-refractivity contribution < 1.29 is 4.42 Å². The Hall–Kier alpha value is -3.46. The third kappa shape index (κ3) is 3.09. The Balaban J connectivity index is 1.92. The predicted octanol–water partition coefficient (Wildman–Crippen LogP) is 2.99. The van der Waals surface area contributed by atoms with Crippen LogP contribution in [0, 0.1) is 11.3 Å². The molecule has 6 nitrogen and oxygen atoms in total. The lowest BCUT2D eigenvalue weighted by molar-refractivity contribution is 0.580. The Labute approximate surface area is 133 Å². The second kappa shape index (κ2) is 6.12. The maximum Gasteiger partial charge on any atom is 0.153 e. The molecule has 0 aliphatic heterocycles. The van der Waals surface area contributed by atoms with E-state index in [2.05, 4.69) is 16.4 Å². The summed E-state index contributed by atoms with van der Waals surface area (Å²) in [6.07, 6.45) is 1.53. The van der Waals surface area contributed by atoms with Crippen LogP contribution in [-0.4, -0.2) is 4.98 Å². The molecule has 3 rings (SSSR count). The van der Waals surface area contributed by atoms with Gasteiger partial charge >= 0.3 is 0 Å². The summed E-state index contributed by atoms with van der Waals surface area (Å²) in [6, 6.07) is 14.8. The van der Waals surface area contributed by atoms with Crippen molar-refractivity contribution in [2.75, 3.05) is 16.8 Å². The van der Waals surface area contributed by atoms with Crippen LogP contribution in [0.15, 0.2) is 53.1 Å². The van der Waals surface area contributed by atoms with Crippen LogP contribution in [0.1, 0.15) is 11.1 Å². The fourth-order valence-electron chi connectivity index (χ4n) is 2.24. The highest BCUT2D eigenvalue weighted by atomic mass is 16.3. The van der Waals surface area contributed by atoms with Crippen molar-refractivity contribution >= 4 is 17.2 Å². The molecule has 2 heterocycles. The first-order valence-electron chi connectivity index (χ1n) is 7.00. The molecule has 114 valence electrons. The van der Waals surface area contributed by atoms with Gasteiger partial charge in [0, 0.05) is 18.3 Å². The lowest BCUT2D eigenvalue weighted by Crippen LogP contribution is -2.05. The Morgan fingerprint density at radius 3 is 2.61 bits per heavy atom. The van der Waals surface area contributed by atoms with Crippen LogP contribution >= 0.6 is 0 Å². The molecular weight excluding hydrogens is 290 g/mol. The molecule has 0 atom stereocenters. The minimum absolute atomic E-state index is 0.315. The van der Waals surface area contributed by atoms with Gasteiger partial charge in [-0.05, 0) is 29.8 Å². The first-order chi connectivity index (χ1) is 11.2.